The van der Waals surface area contributed by atoms with E-state index in [1.165, 1.54) is 0 Å². The predicted molar refractivity (Wildman–Crippen MR) is 44.4 cm³/mol. The minimum Gasteiger partial charge on any atom is -0.449 e. The summed E-state index contributed by atoms with van der Waals surface area (Å²) in [5.41, 5.74) is 0. The molecule has 9 nitrogen and oxygen atoms in total. The second-order valence-corrected chi connectivity index (χ2v) is 2.15. The smallest absolute Gasteiger partial charge is 0.449 e. The van der Waals surface area contributed by atoms with Crippen molar-refractivity contribution in [2.75, 3.05) is 0 Å². The molecule has 0 spiro atoms. The highest BCUT2D eigenvalue weighted by Crippen LogP contribution is 1.98. The van der Waals surface area contributed by atoms with Gasteiger partial charge < -0.3 is 24.9 Å². The molecule has 0 aliphatic rings. The first-order valence-corrected chi connectivity index (χ1v) is 3.55. The molecule has 0 bridgehead atoms. The van der Waals surface area contributed by atoms with Crippen LogP contribution in [0.5, 0.6) is 0 Å². The highest BCUT2D eigenvalue weighted by Gasteiger charge is 2.11. The monoisotopic (exact) mass is 220 g/mol. The van der Waals surface area contributed by atoms with Gasteiger partial charge in [-0.1, -0.05) is 5.16 Å². The number of rotatable bonds is 3. The maximum atomic E-state index is 10.00. The van der Waals surface area contributed by atoms with Crippen LogP contribution in [0.2, 0.25) is 0 Å². The number of nitrogens with one attached hydrogen (secondary N) is 1. The van der Waals surface area contributed by atoms with E-state index in [1.54, 1.807) is 0 Å². The normalized spacial score (nSPS) is 10.5. The standard InChI is InChI=1S/C6H8N2O7/c7-3(14-5(9)10)1-2-4(8-13)15-6(11)12/h7,13H,1-2H2,(H,9,10)(H,11,12)/b7-3?,8-4+. The first kappa shape index (κ1) is 12.7. The zero-order valence-corrected chi connectivity index (χ0v) is 7.34. The molecule has 0 unspecified atom stereocenters. The molecule has 0 amide bonds. The minimum atomic E-state index is -1.67. The van der Waals surface area contributed by atoms with Crippen LogP contribution in [0.25, 0.3) is 0 Å². The molecule has 9 heteroatoms. The van der Waals surface area contributed by atoms with Crippen LogP contribution in [0.1, 0.15) is 12.8 Å². The van der Waals surface area contributed by atoms with Crippen LogP contribution >= 0.6 is 0 Å². The van der Waals surface area contributed by atoms with Gasteiger partial charge in [0.05, 0.1) is 0 Å². The van der Waals surface area contributed by atoms with Gasteiger partial charge in [0.1, 0.15) is 0 Å². The maximum Gasteiger partial charge on any atom is 0.512 e. The van der Waals surface area contributed by atoms with Gasteiger partial charge in [0.25, 0.3) is 0 Å². The Kier molecular flexibility index (Phi) is 5.23. The number of carbonyl (C=O) groups is 2. The first-order chi connectivity index (χ1) is 6.95. The van der Waals surface area contributed by atoms with E-state index in [2.05, 4.69) is 14.6 Å². The SMILES string of the molecule is N=C(CC/C(=N\O)OC(=O)O)OC(=O)O. The van der Waals surface area contributed by atoms with E-state index in [0.29, 0.717) is 0 Å². The predicted octanol–water partition coefficient (Wildman–Crippen LogP) is 0.921. The van der Waals surface area contributed by atoms with Crippen molar-refractivity contribution in [3.05, 3.63) is 0 Å². The second kappa shape index (κ2) is 6.18. The van der Waals surface area contributed by atoms with Crippen molar-refractivity contribution in [3.8, 4) is 0 Å². The molecular weight excluding hydrogens is 212 g/mol. The van der Waals surface area contributed by atoms with Crippen molar-refractivity contribution in [1.29, 1.82) is 5.41 Å². The summed E-state index contributed by atoms with van der Waals surface area (Å²) >= 11 is 0. The van der Waals surface area contributed by atoms with Crippen molar-refractivity contribution in [2.24, 2.45) is 5.16 Å². The van der Waals surface area contributed by atoms with Crippen LogP contribution in [0, 0.1) is 5.41 Å². The Bertz CT molecular complexity index is 298. The summed E-state index contributed by atoms with van der Waals surface area (Å²) in [6.45, 7) is 0. The Hall–Kier alpha value is -2.32. The molecule has 0 radical (unpaired) electrons. The summed E-state index contributed by atoms with van der Waals surface area (Å²) in [5, 5.41) is 33.9. The number of hydrogen-bond donors (Lipinski definition) is 4. The summed E-state index contributed by atoms with van der Waals surface area (Å²) in [6, 6.07) is 0. The molecule has 0 atom stereocenters. The molecule has 0 aromatic carbocycles. The highest BCUT2D eigenvalue weighted by atomic mass is 16.7. The lowest BCUT2D eigenvalue weighted by atomic mass is 10.3. The van der Waals surface area contributed by atoms with Gasteiger partial charge in [-0.2, -0.15) is 0 Å². The van der Waals surface area contributed by atoms with Gasteiger partial charge in [-0.05, 0) is 0 Å². The molecule has 0 aliphatic carbocycles. The average molecular weight is 220 g/mol. The Balaban J connectivity index is 3.97. The third kappa shape index (κ3) is 6.81. The maximum absolute atomic E-state index is 10.00. The average Bonchev–Trinajstić information content (AvgIpc) is 2.10. The molecule has 0 aliphatic heterocycles. The Morgan fingerprint density at radius 1 is 1.13 bits per heavy atom. The van der Waals surface area contributed by atoms with Crippen LogP contribution in [0.3, 0.4) is 0 Å². The largest absolute Gasteiger partial charge is 0.512 e. The fourth-order valence-corrected chi connectivity index (χ4v) is 0.599. The molecule has 0 saturated carbocycles. The van der Waals surface area contributed by atoms with Gasteiger partial charge in [-0.25, -0.2) is 9.59 Å². The van der Waals surface area contributed by atoms with E-state index in [4.69, 9.17) is 20.8 Å². The third-order valence-electron chi connectivity index (χ3n) is 1.09. The molecule has 0 saturated heterocycles. The van der Waals surface area contributed by atoms with E-state index in [9.17, 15) is 9.59 Å². The fourth-order valence-electron chi connectivity index (χ4n) is 0.599. The van der Waals surface area contributed by atoms with Gasteiger partial charge in [0, 0.05) is 12.8 Å². The lowest BCUT2D eigenvalue weighted by molar-refractivity contribution is 0.133. The van der Waals surface area contributed by atoms with E-state index in [-0.39, 0.29) is 12.8 Å². The molecule has 0 fully saturated rings. The number of nitrogens with zero attached hydrogens (tertiary/aromatic N) is 1. The number of oxime groups is 1. The second-order valence-electron chi connectivity index (χ2n) is 2.15. The molecule has 0 aromatic heterocycles. The van der Waals surface area contributed by atoms with Gasteiger partial charge in [-0.3, -0.25) is 5.41 Å². The molecular formula is C6H8N2O7. The minimum absolute atomic E-state index is 0.265. The first-order valence-electron chi connectivity index (χ1n) is 3.55. The fraction of sp³-hybridized carbons (Fsp3) is 0.333. The Labute approximate surface area is 83.0 Å². The van der Waals surface area contributed by atoms with E-state index >= 15 is 0 Å². The van der Waals surface area contributed by atoms with E-state index in [1.807, 2.05) is 0 Å². The molecule has 15 heavy (non-hydrogen) atoms. The van der Waals surface area contributed by atoms with Crippen molar-refractivity contribution in [1.82, 2.24) is 0 Å². The van der Waals surface area contributed by atoms with Crippen LogP contribution in [-0.2, 0) is 9.47 Å². The van der Waals surface area contributed by atoms with Gasteiger partial charge in [0.15, 0.2) is 5.90 Å². The lowest BCUT2D eigenvalue weighted by Gasteiger charge is -2.02. The molecule has 0 heterocycles. The van der Waals surface area contributed by atoms with E-state index in [0.717, 1.165) is 0 Å². The van der Waals surface area contributed by atoms with Crippen molar-refractivity contribution in [2.45, 2.75) is 12.8 Å². The summed E-state index contributed by atoms with van der Waals surface area (Å²) in [6.07, 6.45) is -3.86. The van der Waals surface area contributed by atoms with Gasteiger partial charge in [0.2, 0.25) is 5.90 Å². The Morgan fingerprint density at radius 3 is 2.07 bits per heavy atom. The van der Waals surface area contributed by atoms with Gasteiger partial charge in [-0.15, -0.1) is 0 Å². The topological polar surface area (TPSA) is 150 Å². The zero-order chi connectivity index (χ0) is 11.8. The van der Waals surface area contributed by atoms with Crippen LogP contribution in [0.4, 0.5) is 9.59 Å². The summed E-state index contributed by atoms with van der Waals surface area (Å²) < 4.78 is 7.88. The van der Waals surface area contributed by atoms with Gasteiger partial charge >= 0.3 is 12.3 Å². The third-order valence-corrected chi connectivity index (χ3v) is 1.09. The van der Waals surface area contributed by atoms with E-state index < -0.39 is 24.1 Å². The summed E-state index contributed by atoms with van der Waals surface area (Å²) in [5.74, 6) is -1.17. The summed E-state index contributed by atoms with van der Waals surface area (Å²) in [4.78, 5) is 19.9. The molecule has 84 valence electrons. The van der Waals surface area contributed by atoms with Crippen LogP contribution in [-0.4, -0.2) is 39.5 Å². The van der Waals surface area contributed by atoms with Crippen LogP contribution < -0.4 is 0 Å². The van der Waals surface area contributed by atoms with Crippen LogP contribution in [0.15, 0.2) is 5.16 Å². The van der Waals surface area contributed by atoms with Crippen molar-refractivity contribution >= 4 is 24.1 Å². The zero-order valence-electron chi connectivity index (χ0n) is 7.34. The molecule has 0 rings (SSSR count). The van der Waals surface area contributed by atoms with Crippen molar-refractivity contribution in [3.63, 3.8) is 0 Å². The quantitative estimate of drug-likeness (QED) is 0.181. The summed E-state index contributed by atoms with van der Waals surface area (Å²) in [7, 11) is 0. The Morgan fingerprint density at radius 2 is 1.67 bits per heavy atom. The number of hydrogen-bond acceptors (Lipinski definition) is 7. The molecule has 0 aromatic rings. The number of ether oxygens (including phenoxy) is 2. The van der Waals surface area contributed by atoms with Crippen molar-refractivity contribution < 1.29 is 34.5 Å². The number of carboxylic acid groups (broad SMARTS) is 2. The highest BCUT2D eigenvalue weighted by molar-refractivity contribution is 5.89. The molecule has 4 N–H and O–H groups in total. The lowest BCUT2D eigenvalue weighted by Crippen LogP contribution is -2.14.